The van der Waals surface area contributed by atoms with Gasteiger partial charge in [-0.15, -0.1) is 0 Å². The zero-order valence-electron chi connectivity index (χ0n) is 11.6. The van der Waals surface area contributed by atoms with E-state index in [2.05, 4.69) is 29.8 Å². The molecular formula is C17H18BrFO. The predicted molar refractivity (Wildman–Crippen MR) is 83.1 cm³/mol. The molecule has 0 aliphatic rings. The minimum Gasteiger partial charge on any atom is -0.384 e. The summed E-state index contributed by atoms with van der Waals surface area (Å²) in [5, 5.41) is 10.3. The molecule has 20 heavy (non-hydrogen) atoms. The van der Waals surface area contributed by atoms with Crippen LogP contribution in [0, 0.1) is 11.7 Å². The third-order valence-electron chi connectivity index (χ3n) is 3.14. The molecule has 0 aromatic heterocycles. The van der Waals surface area contributed by atoms with E-state index < -0.39 is 6.10 Å². The molecule has 0 saturated carbocycles. The molecule has 0 radical (unpaired) electrons. The Morgan fingerprint density at radius 3 is 2.25 bits per heavy atom. The molecule has 0 fully saturated rings. The lowest BCUT2D eigenvalue weighted by atomic mass is 9.97. The van der Waals surface area contributed by atoms with Crippen LogP contribution in [0.15, 0.2) is 46.9 Å². The topological polar surface area (TPSA) is 20.2 Å². The molecule has 0 spiro atoms. The van der Waals surface area contributed by atoms with Gasteiger partial charge in [-0.25, -0.2) is 4.39 Å². The van der Waals surface area contributed by atoms with Crippen LogP contribution in [0.4, 0.5) is 4.39 Å². The predicted octanol–water partition coefficient (Wildman–Crippen LogP) is 4.87. The van der Waals surface area contributed by atoms with Crippen molar-refractivity contribution in [2.24, 2.45) is 5.92 Å². The van der Waals surface area contributed by atoms with Crippen molar-refractivity contribution in [1.29, 1.82) is 0 Å². The summed E-state index contributed by atoms with van der Waals surface area (Å²) in [5.74, 6) is 0.245. The largest absolute Gasteiger partial charge is 0.384 e. The Balaban J connectivity index is 2.22. The van der Waals surface area contributed by atoms with Crippen molar-refractivity contribution < 1.29 is 9.50 Å². The Morgan fingerprint density at radius 2 is 1.70 bits per heavy atom. The molecule has 0 aliphatic carbocycles. The molecular weight excluding hydrogens is 319 g/mol. The van der Waals surface area contributed by atoms with Gasteiger partial charge in [-0.2, -0.15) is 0 Å². The second-order valence-corrected chi connectivity index (χ2v) is 6.36. The SMILES string of the molecule is CC(C)Cc1ccc(C(O)c2cc(F)cc(Br)c2)cc1. The smallest absolute Gasteiger partial charge is 0.124 e. The van der Waals surface area contributed by atoms with Gasteiger partial charge in [-0.1, -0.05) is 54.0 Å². The van der Waals surface area contributed by atoms with Crippen molar-refractivity contribution in [3.63, 3.8) is 0 Å². The van der Waals surface area contributed by atoms with Gasteiger partial charge in [-0.3, -0.25) is 0 Å². The van der Waals surface area contributed by atoms with Gasteiger partial charge in [0.2, 0.25) is 0 Å². The first-order chi connectivity index (χ1) is 9.45. The second kappa shape index (κ2) is 6.51. The number of aliphatic hydroxyl groups is 1. The van der Waals surface area contributed by atoms with E-state index in [1.54, 1.807) is 6.07 Å². The third kappa shape index (κ3) is 3.90. The van der Waals surface area contributed by atoms with Gasteiger partial charge in [0.05, 0.1) is 0 Å². The highest BCUT2D eigenvalue weighted by Gasteiger charge is 2.12. The number of rotatable bonds is 4. The van der Waals surface area contributed by atoms with Crippen molar-refractivity contribution in [3.05, 3.63) is 69.4 Å². The summed E-state index contributed by atoms with van der Waals surface area (Å²) >= 11 is 3.24. The van der Waals surface area contributed by atoms with Crippen molar-refractivity contribution in [2.45, 2.75) is 26.4 Å². The molecule has 106 valence electrons. The molecule has 1 N–H and O–H groups in total. The zero-order chi connectivity index (χ0) is 14.7. The van der Waals surface area contributed by atoms with Gasteiger partial charge in [0.1, 0.15) is 11.9 Å². The average Bonchev–Trinajstić information content (AvgIpc) is 2.37. The molecule has 2 aromatic rings. The fourth-order valence-electron chi connectivity index (χ4n) is 2.23. The minimum atomic E-state index is -0.810. The first-order valence-electron chi connectivity index (χ1n) is 6.68. The Hall–Kier alpha value is -1.19. The van der Waals surface area contributed by atoms with Crippen molar-refractivity contribution >= 4 is 15.9 Å². The molecule has 2 rings (SSSR count). The van der Waals surface area contributed by atoms with Gasteiger partial charge in [0.25, 0.3) is 0 Å². The van der Waals surface area contributed by atoms with Gasteiger partial charge in [0, 0.05) is 4.47 Å². The maximum atomic E-state index is 13.4. The molecule has 0 aliphatic heterocycles. The van der Waals surface area contributed by atoms with Crippen LogP contribution in [0.2, 0.25) is 0 Å². The van der Waals surface area contributed by atoms with E-state index in [-0.39, 0.29) is 5.82 Å². The lowest BCUT2D eigenvalue weighted by Gasteiger charge is -2.13. The molecule has 0 saturated heterocycles. The first kappa shape index (κ1) is 15.2. The van der Waals surface area contributed by atoms with Crippen molar-refractivity contribution in [2.75, 3.05) is 0 Å². The maximum absolute atomic E-state index is 13.4. The standard InChI is InChI=1S/C17H18BrFO/c1-11(2)7-12-3-5-13(6-4-12)17(20)14-8-15(18)10-16(19)9-14/h3-6,8-11,17,20H,7H2,1-2H3. The van der Waals surface area contributed by atoms with E-state index in [0.29, 0.717) is 16.0 Å². The van der Waals surface area contributed by atoms with E-state index in [0.717, 1.165) is 12.0 Å². The molecule has 0 heterocycles. The van der Waals surface area contributed by atoms with E-state index in [4.69, 9.17) is 0 Å². The van der Waals surface area contributed by atoms with Crippen LogP contribution in [-0.4, -0.2) is 5.11 Å². The molecule has 3 heteroatoms. The van der Waals surface area contributed by atoms with Crippen LogP contribution < -0.4 is 0 Å². The highest BCUT2D eigenvalue weighted by atomic mass is 79.9. The minimum absolute atomic E-state index is 0.357. The van der Waals surface area contributed by atoms with E-state index in [9.17, 15) is 9.50 Å². The van der Waals surface area contributed by atoms with Gasteiger partial charge >= 0.3 is 0 Å². The highest BCUT2D eigenvalue weighted by Crippen LogP contribution is 2.26. The maximum Gasteiger partial charge on any atom is 0.124 e. The zero-order valence-corrected chi connectivity index (χ0v) is 13.2. The summed E-state index contributed by atoms with van der Waals surface area (Å²) in [6, 6.07) is 12.3. The van der Waals surface area contributed by atoms with Crippen LogP contribution in [-0.2, 0) is 6.42 Å². The van der Waals surface area contributed by atoms with Gasteiger partial charge in [-0.05, 0) is 47.2 Å². The highest BCUT2D eigenvalue weighted by molar-refractivity contribution is 9.10. The normalized spacial score (nSPS) is 12.7. The lowest BCUT2D eigenvalue weighted by Crippen LogP contribution is -2.01. The molecule has 0 bridgehead atoms. The van der Waals surface area contributed by atoms with Crippen LogP contribution in [0.5, 0.6) is 0 Å². The van der Waals surface area contributed by atoms with E-state index >= 15 is 0 Å². The molecule has 1 nitrogen and oxygen atoms in total. The summed E-state index contributed by atoms with van der Waals surface area (Å²) < 4.78 is 14.0. The van der Waals surface area contributed by atoms with Crippen LogP contribution in [0.3, 0.4) is 0 Å². The summed E-state index contributed by atoms with van der Waals surface area (Å²) in [7, 11) is 0. The van der Waals surface area contributed by atoms with Crippen LogP contribution in [0.25, 0.3) is 0 Å². The summed E-state index contributed by atoms with van der Waals surface area (Å²) in [6.07, 6.45) is 0.206. The van der Waals surface area contributed by atoms with Crippen LogP contribution in [0.1, 0.15) is 36.6 Å². The first-order valence-corrected chi connectivity index (χ1v) is 7.48. The Morgan fingerprint density at radius 1 is 1.05 bits per heavy atom. The second-order valence-electron chi connectivity index (χ2n) is 5.44. The summed E-state index contributed by atoms with van der Waals surface area (Å²) in [4.78, 5) is 0. The molecule has 1 atom stereocenters. The Labute approximate surface area is 127 Å². The van der Waals surface area contributed by atoms with Crippen LogP contribution >= 0.6 is 15.9 Å². The molecule has 2 aromatic carbocycles. The number of hydrogen-bond donors (Lipinski definition) is 1. The summed E-state index contributed by atoms with van der Waals surface area (Å²) in [6.45, 7) is 4.35. The molecule has 0 amide bonds. The fourth-order valence-corrected chi connectivity index (χ4v) is 2.72. The Kier molecular flexibility index (Phi) is 4.95. The third-order valence-corrected chi connectivity index (χ3v) is 3.60. The average molecular weight is 337 g/mol. The van der Waals surface area contributed by atoms with Crippen molar-refractivity contribution in [3.8, 4) is 0 Å². The number of hydrogen-bond acceptors (Lipinski definition) is 1. The Bertz CT molecular complexity index is 558. The molecule has 1 unspecified atom stereocenters. The van der Waals surface area contributed by atoms with E-state index in [1.807, 2.05) is 24.3 Å². The van der Waals surface area contributed by atoms with Crippen molar-refractivity contribution in [1.82, 2.24) is 0 Å². The summed E-state index contributed by atoms with van der Waals surface area (Å²) in [5.41, 5.74) is 2.57. The monoisotopic (exact) mass is 336 g/mol. The van der Waals surface area contributed by atoms with Gasteiger partial charge < -0.3 is 5.11 Å². The fraction of sp³-hybridized carbons (Fsp3) is 0.294. The lowest BCUT2D eigenvalue weighted by molar-refractivity contribution is 0.219. The van der Waals surface area contributed by atoms with Gasteiger partial charge in [0.15, 0.2) is 0 Å². The quantitative estimate of drug-likeness (QED) is 0.844. The number of benzene rings is 2. The number of halogens is 2. The number of aliphatic hydroxyl groups excluding tert-OH is 1. The van der Waals surface area contributed by atoms with E-state index in [1.165, 1.54) is 17.7 Å².